The van der Waals surface area contributed by atoms with Crippen LogP contribution in [0.1, 0.15) is 0 Å². The summed E-state index contributed by atoms with van der Waals surface area (Å²) in [6.07, 6.45) is 1.48. The molecule has 0 spiro atoms. The predicted molar refractivity (Wildman–Crippen MR) is 57.1 cm³/mol. The van der Waals surface area contributed by atoms with Crippen LogP contribution in [0.2, 0.25) is 0 Å². The summed E-state index contributed by atoms with van der Waals surface area (Å²) in [7, 11) is -3.14. The normalized spacial score (nSPS) is 36.4. The van der Waals surface area contributed by atoms with Crippen molar-refractivity contribution in [2.75, 3.05) is 19.0 Å². The summed E-state index contributed by atoms with van der Waals surface area (Å²) in [5.41, 5.74) is 5.69. The summed E-state index contributed by atoms with van der Waals surface area (Å²) >= 11 is 0. The lowest BCUT2D eigenvalue weighted by Gasteiger charge is -2.16. The SMILES string of the molecule is NC1COCC1C(=O)NC1C=CS(=O)(=O)C1. The molecule has 16 heavy (non-hydrogen) atoms. The molecule has 0 aromatic carbocycles. The Morgan fingerprint density at radius 3 is 2.69 bits per heavy atom. The molecule has 0 aliphatic carbocycles. The molecule has 2 aliphatic heterocycles. The highest BCUT2D eigenvalue weighted by molar-refractivity contribution is 7.94. The van der Waals surface area contributed by atoms with Crippen LogP contribution >= 0.6 is 0 Å². The number of nitrogens with two attached hydrogens (primary N) is 1. The fourth-order valence-corrected chi connectivity index (χ4v) is 3.03. The van der Waals surface area contributed by atoms with E-state index in [2.05, 4.69) is 5.32 Å². The molecule has 0 radical (unpaired) electrons. The Kier molecular flexibility index (Phi) is 3.00. The van der Waals surface area contributed by atoms with Crippen LogP contribution < -0.4 is 11.1 Å². The Balaban J connectivity index is 1.91. The number of carbonyl (C=O) groups is 1. The van der Waals surface area contributed by atoms with Crippen LogP contribution in [0.25, 0.3) is 0 Å². The minimum absolute atomic E-state index is 0.0679. The van der Waals surface area contributed by atoms with Gasteiger partial charge in [0.2, 0.25) is 5.91 Å². The smallest absolute Gasteiger partial charge is 0.227 e. The van der Waals surface area contributed by atoms with Crippen LogP contribution in [-0.4, -0.2) is 45.4 Å². The Labute approximate surface area is 93.7 Å². The molecular formula is C9H14N2O4S. The van der Waals surface area contributed by atoms with Crippen LogP contribution in [0.3, 0.4) is 0 Å². The van der Waals surface area contributed by atoms with E-state index in [1.54, 1.807) is 0 Å². The highest BCUT2D eigenvalue weighted by Gasteiger charge is 2.33. The Morgan fingerprint density at radius 1 is 1.44 bits per heavy atom. The van der Waals surface area contributed by atoms with Gasteiger partial charge in [0.05, 0.1) is 30.9 Å². The molecule has 7 heteroatoms. The summed E-state index contributed by atoms with van der Waals surface area (Å²) in [5.74, 6) is -0.685. The second-order valence-corrected chi connectivity index (χ2v) is 6.01. The standard InChI is InChI=1S/C9H14N2O4S/c10-8-4-15-3-7(8)9(12)11-6-1-2-16(13,14)5-6/h1-2,6-8H,3-5,10H2,(H,11,12). The first-order chi connectivity index (χ1) is 7.48. The summed E-state index contributed by atoms with van der Waals surface area (Å²) in [5, 5.41) is 3.77. The van der Waals surface area contributed by atoms with Gasteiger partial charge in [-0.15, -0.1) is 0 Å². The number of carbonyl (C=O) groups excluding carboxylic acids is 1. The summed E-state index contributed by atoms with van der Waals surface area (Å²) in [6.45, 7) is 0.674. The van der Waals surface area contributed by atoms with Crippen LogP contribution in [0.15, 0.2) is 11.5 Å². The Bertz CT molecular complexity index is 417. The van der Waals surface area contributed by atoms with E-state index in [-0.39, 0.29) is 23.6 Å². The van der Waals surface area contributed by atoms with Crippen LogP contribution in [0.5, 0.6) is 0 Å². The van der Waals surface area contributed by atoms with Crippen molar-refractivity contribution in [3.63, 3.8) is 0 Å². The first-order valence-corrected chi connectivity index (χ1v) is 6.74. The molecule has 6 nitrogen and oxygen atoms in total. The van der Waals surface area contributed by atoms with Gasteiger partial charge in [-0.05, 0) is 6.08 Å². The second kappa shape index (κ2) is 4.15. The van der Waals surface area contributed by atoms with E-state index < -0.39 is 15.9 Å². The maximum absolute atomic E-state index is 11.7. The molecule has 2 heterocycles. The van der Waals surface area contributed by atoms with E-state index in [0.717, 1.165) is 5.41 Å². The molecule has 0 aromatic heterocycles. The van der Waals surface area contributed by atoms with E-state index in [9.17, 15) is 13.2 Å². The molecule has 0 bridgehead atoms. The second-order valence-electron chi connectivity index (χ2n) is 4.08. The van der Waals surface area contributed by atoms with Gasteiger partial charge >= 0.3 is 0 Å². The number of hydrogen-bond acceptors (Lipinski definition) is 5. The zero-order chi connectivity index (χ0) is 11.8. The number of sulfone groups is 1. The van der Waals surface area contributed by atoms with E-state index in [4.69, 9.17) is 10.5 Å². The van der Waals surface area contributed by atoms with Crippen molar-refractivity contribution >= 4 is 15.7 Å². The van der Waals surface area contributed by atoms with E-state index in [1.807, 2.05) is 0 Å². The minimum Gasteiger partial charge on any atom is -0.379 e. The molecule has 3 unspecified atom stereocenters. The number of nitrogens with one attached hydrogen (secondary N) is 1. The van der Waals surface area contributed by atoms with Crippen molar-refractivity contribution in [2.24, 2.45) is 11.7 Å². The molecular weight excluding hydrogens is 232 g/mol. The first-order valence-electron chi connectivity index (χ1n) is 5.02. The van der Waals surface area contributed by atoms with Gasteiger partial charge in [0.1, 0.15) is 0 Å². The van der Waals surface area contributed by atoms with Crippen molar-refractivity contribution in [1.29, 1.82) is 0 Å². The molecule has 2 rings (SSSR count). The average Bonchev–Trinajstić information content (AvgIpc) is 2.72. The van der Waals surface area contributed by atoms with Gasteiger partial charge in [0.15, 0.2) is 9.84 Å². The first kappa shape index (κ1) is 11.6. The number of hydrogen-bond donors (Lipinski definition) is 2. The van der Waals surface area contributed by atoms with Crippen LogP contribution in [0.4, 0.5) is 0 Å². The number of rotatable bonds is 2. The molecule has 3 N–H and O–H groups in total. The molecule has 0 saturated carbocycles. The zero-order valence-corrected chi connectivity index (χ0v) is 9.44. The van der Waals surface area contributed by atoms with Crippen LogP contribution in [0, 0.1) is 5.92 Å². The molecule has 90 valence electrons. The third-order valence-corrected chi connectivity index (χ3v) is 4.11. The van der Waals surface area contributed by atoms with Crippen molar-refractivity contribution in [3.05, 3.63) is 11.5 Å². The maximum Gasteiger partial charge on any atom is 0.227 e. The zero-order valence-electron chi connectivity index (χ0n) is 8.63. The third-order valence-electron chi connectivity index (χ3n) is 2.72. The van der Waals surface area contributed by atoms with E-state index in [0.29, 0.717) is 13.2 Å². The number of amides is 1. The van der Waals surface area contributed by atoms with E-state index >= 15 is 0 Å². The van der Waals surface area contributed by atoms with Gasteiger partial charge in [-0.3, -0.25) is 4.79 Å². The van der Waals surface area contributed by atoms with Crippen molar-refractivity contribution in [3.8, 4) is 0 Å². The lowest BCUT2D eigenvalue weighted by Crippen LogP contribution is -2.45. The molecule has 0 aromatic rings. The largest absolute Gasteiger partial charge is 0.379 e. The van der Waals surface area contributed by atoms with Gasteiger partial charge in [-0.25, -0.2) is 8.42 Å². The average molecular weight is 246 g/mol. The number of ether oxygens (including phenoxy) is 1. The third kappa shape index (κ3) is 2.42. The Morgan fingerprint density at radius 2 is 2.19 bits per heavy atom. The van der Waals surface area contributed by atoms with Gasteiger partial charge in [0, 0.05) is 11.4 Å². The lowest BCUT2D eigenvalue weighted by molar-refractivity contribution is -0.125. The lowest BCUT2D eigenvalue weighted by atomic mass is 10.0. The predicted octanol–water partition coefficient (Wildman–Crippen LogP) is -1.61. The summed E-state index contributed by atoms with van der Waals surface area (Å²) in [6, 6.07) is -0.743. The molecule has 3 atom stereocenters. The fourth-order valence-electron chi connectivity index (χ4n) is 1.80. The van der Waals surface area contributed by atoms with Crippen LogP contribution in [-0.2, 0) is 19.4 Å². The topological polar surface area (TPSA) is 98.5 Å². The van der Waals surface area contributed by atoms with Crippen molar-refractivity contribution in [1.82, 2.24) is 5.32 Å². The molecule has 1 saturated heterocycles. The van der Waals surface area contributed by atoms with Crippen molar-refractivity contribution < 1.29 is 17.9 Å². The summed E-state index contributed by atoms with van der Waals surface area (Å²) in [4.78, 5) is 11.7. The minimum atomic E-state index is -3.14. The quantitative estimate of drug-likeness (QED) is 0.610. The molecule has 1 fully saturated rings. The summed E-state index contributed by atoms with van der Waals surface area (Å²) < 4.78 is 27.3. The highest BCUT2D eigenvalue weighted by Crippen LogP contribution is 2.14. The molecule has 2 aliphatic rings. The monoisotopic (exact) mass is 246 g/mol. The van der Waals surface area contributed by atoms with Gasteiger partial charge in [-0.1, -0.05) is 0 Å². The van der Waals surface area contributed by atoms with E-state index in [1.165, 1.54) is 6.08 Å². The van der Waals surface area contributed by atoms with Crippen molar-refractivity contribution in [2.45, 2.75) is 12.1 Å². The Hall–Kier alpha value is -0.920. The van der Waals surface area contributed by atoms with Gasteiger partial charge < -0.3 is 15.8 Å². The fraction of sp³-hybridized carbons (Fsp3) is 0.667. The molecule has 1 amide bonds. The van der Waals surface area contributed by atoms with Gasteiger partial charge in [0.25, 0.3) is 0 Å². The van der Waals surface area contributed by atoms with Gasteiger partial charge in [-0.2, -0.15) is 0 Å². The highest BCUT2D eigenvalue weighted by atomic mass is 32.2. The maximum atomic E-state index is 11.7.